The average molecular weight is 264 g/mol. The number of carbonyl (C=O) groups is 1. The lowest BCUT2D eigenvalue weighted by atomic mass is 10.1. The van der Waals surface area contributed by atoms with Gasteiger partial charge in [0, 0.05) is 6.92 Å². The van der Waals surface area contributed by atoms with Crippen LogP contribution in [0.2, 0.25) is 0 Å². The maximum absolute atomic E-state index is 11.2. The van der Waals surface area contributed by atoms with E-state index in [1.165, 1.54) is 6.92 Å². The molecule has 2 rings (SSSR count). The van der Waals surface area contributed by atoms with Crippen molar-refractivity contribution in [1.29, 1.82) is 0 Å². The molecular formula is C15H20O4. The molecule has 0 spiro atoms. The number of benzene rings is 1. The van der Waals surface area contributed by atoms with Crippen molar-refractivity contribution >= 4 is 5.97 Å². The molecule has 0 aromatic heterocycles. The summed E-state index contributed by atoms with van der Waals surface area (Å²) in [5.41, 5.74) is 0. The Morgan fingerprint density at radius 1 is 1.26 bits per heavy atom. The zero-order valence-corrected chi connectivity index (χ0v) is 11.4. The molecule has 1 aromatic carbocycles. The number of rotatable bonds is 6. The molecule has 0 saturated heterocycles. The minimum absolute atomic E-state index is 0.301. The van der Waals surface area contributed by atoms with Crippen LogP contribution in [0.3, 0.4) is 0 Å². The van der Waals surface area contributed by atoms with Gasteiger partial charge in [0.15, 0.2) is 17.6 Å². The minimum Gasteiger partial charge on any atom is -0.455 e. The number of unbranched alkanes of at least 4 members (excludes halogenated alkanes) is 2. The summed E-state index contributed by atoms with van der Waals surface area (Å²) in [6, 6.07) is 7.49. The van der Waals surface area contributed by atoms with Gasteiger partial charge in [-0.3, -0.25) is 4.79 Å². The Hall–Kier alpha value is -1.71. The van der Waals surface area contributed by atoms with Crippen molar-refractivity contribution in [2.75, 3.05) is 0 Å². The molecule has 1 unspecified atom stereocenters. The topological polar surface area (TPSA) is 44.8 Å². The summed E-state index contributed by atoms with van der Waals surface area (Å²) in [6.45, 7) is 3.55. The highest BCUT2D eigenvalue weighted by Gasteiger charge is 2.33. The van der Waals surface area contributed by atoms with Gasteiger partial charge in [-0.25, -0.2) is 0 Å². The van der Waals surface area contributed by atoms with Crippen molar-refractivity contribution in [2.24, 2.45) is 0 Å². The molecule has 19 heavy (non-hydrogen) atoms. The summed E-state index contributed by atoms with van der Waals surface area (Å²) in [5, 5.41) is 0. The number of para-hydroxylation sites is 2. The van der Waals surface area contributed by atoms with E-state index in [0.717, 1.165) is 25.7 Å². The second kappa shape index (κ2) is 6.45. The van der Waals surface area contributed by atoms with Gasteiger partial charge in [-0.2, -0.15) is 0 Å². The molecule has 0 fully saturated rings. The first kappa shape index (κ1) is 13.7. The van der Waals surface area contributed by atoms with Crippen LogP contribution in [-0.4, -0.2) is 18.4 Å². The van der Waals surface area contributed by atoms with Crippen LogP contribution >= 0.6 is 0 Å². The van der Waals surface area contributed by atoms with Gasteiger partial charge < -0.3 is 14.2 Å². The number of esters is 1. The molecule has 1 atom stereocenters. The van der Waals surface area contributed by atoms with Crippen molar-refractivity contribution in [3.8, 4) is 11.5 Å². The van der Waals surface area contributed by atoms with E-state index in [1.54, 1.807) is 0 Å². The molecule has 4 nitrogen and oxygen atoms in total. The van der Waals surface area contributed by atoms with E-state index in [0.29, 0.717) is 11.5 Å². The van der Waals surface area contributed by atoms with Crippen LogP contribution < -0.4 is 9.47 Å². The molecule has 1 aromatic rings. The van der Waals surface area contributed by atoms with Crippen LogP contribution in [0, 0.1) is 0 Å². The number of hydrogen-bond acceptors (Lipinski definition) is 4. The standard InChI is InChI=1S/C15H20O4/c1-3-4-5-10-14(17-11(2)16)15-18-12-8-6-7-9-13(12)19-15/h6-9,14-15H,3-5,10H2,1-2H3. The normalized spacial score (nSPS) is 15.3. The summed E-state index contributed by atoms with van der Waals surface area (Å²) in [7, 11) is 0. The predicted molar refractivity (Wildman–Crippen MR) is 71.2 cm³/mol. The molecule has 0 aliphatic carbocycles. The number of fused-ring (bicyclic) bond motifs is 1. The molecule has 0 saturated carbocycles. The fraction of sp³-hybridized carbons (Fsp3) is 0.533. The van der Waals surface area contributed by atoms with E-state index in [4.69, 9.17) is 14.2 Å². The van der Waals surface area contributed by atoms with Crippen molar-refractivity contribution in [3.63, 3.8) is 0 Å². The first-order valence-electron chi connectivity index (χ1n) is 6.80. The molecular weight excluding hydrogens is 244 g/mol. The van der Waals surface area contributed by atoms with Crippen molar-refractivity contribution in [1.82, 2.24) is 0 Å². The molecule has 1 aliphatic rings. The van der Waals surface area contributed by atoms with E-state index in [9.17, 15) is 4.79 Å². The lowest BCUT2D eigenvalue weighted by Gasteiger charge is -2.21. The lowest BCUT2D eigenvalue weighted by molar-refractivity contribution is -0.160. The Balaban J connectivity index is 1.98. The summed E-state index contributed by atoms with van der Waals surface area (Å²) >= 11 is 0. The summed E-state index contributed by atoms with van der Waals surface area (Å²) in [6.07, 6.45) is 3.10. The third-order valence-electron chi connectivity index (χ3n) is 3.05. The van der Waals surface area contributed by atoms with Crippen LogP contribution in [-0.2, 0) is 9.53 Å². The smallest absolute Gasteiger partial charge is 0.303 e. The van der Waals surface area contributed by atoms with Crippen LogP contribution in [0.1, 0.15) is 39.5 Å². The second-order valence-corrected chi connectivity index (χ2v) is 4.69. The number of hydrogen-bond donors (Lipinski definition) is 0. The van der Waals surface area contributed by atoms with Crippen LogP contribution in [0.15, 0.2) is 24.3 Å². The second-order valence-electron chi connectivity index (χ2n) is 4.69. The number of carbonyl (C=O) groups excluding carboxylic acids is 1. The zero-order valence-electron chi connectivity index (χ0n) is 11.4. The molecule has 104 valence electrons. The summed E-state index contributed by atoms with van der Waals surface area (Å²) in [5.74, 6) is 1.12. The maximum atomic E-state index is 11.2. The third kappa shape index (κ3) is 3.63. The Morgan fingerprint density at radius 2 is 1.89 bits per heavy atom. The molecule has 0 N–H and O–H groups in total. The van der Waals surface area contributed by atoms with Gasteiger partial charge in [-0.15, -0.1) is 0 Å². The molecule has 0 radical (unpaired) electrons. The van der Waals surface area contributed by atoms with E-state index in [1.807, 2.05) is 24.3 Å². The average Bonchev–Trinajstić information content (AvgIpc) is 2.81. The SMILES string of the molecule is CCCCCC(OC(C)=O)C1Oc2ccccc2O1. The van der Waals surface area contributed by atoms with Crippen molar-refractivity contribution < 1.29 is 19.0 Å². The monoisotopic (exact) mass is 264 g/mol. The van der Waals surface area contributed by atoms with E-state index >= 15 is 0 Å². The van der Waals surface area contributed by atoms with Crippen molar-refractivity contribution in [2.45, 2.75) is 51.9 Å². The maximum Gasteiger partial charge on any atom is 0.303 e. The van der Waals surface area contributed by atoms with Gasteiger partial charge in [-0.1, -0.05) is 31.9 Å². The quantitative estimate of drug-likeness (QED) is 0.584. The largest absolute Gasteiger partial charge is 0.455 e. The third-order valence-corrected chi connectivity index (χ3v) is 3.05. The first-order valence-corrected chi connectivity index (χ1v) is 6.80. The molecule has 1 aliphatic heterocycles. The highest BCUT2D eigenvalue weighted by atomic mass is 16.7. The van der Waals surface area contributed by atoms with Gasteiger partial charge in [0.25, 0.3) is 6.29 Å². The zero-order chi connectivity index (χ0) is 13.7. The van der Waals surface area contributed by atoms with Gasteiger partial charge in [0.1, 0.15) is 0 Å². The number of ether oxygens (including phenoxy) is 3. The Labute approximate surface area is 113 Å². The summed E-state index contributed by atoms with van der Waals surface area (Å²) < 4.78 is 16.7. The van der Waals surface area contributed by atoms with Crippen molar-refractivity contribution in [3.05, 3.63) is 24.3 Å². The van der Waals surface area contributed by atoms with Crippen LogP contribution in [0.5, 0.6) is 11.5 Å². The summed E-state index contributed by atoms with van der Waals surface area (Å²) in [4.78, 5) is 11.2. The minimum atomic E-state index is -0.529. The predicted octanol–water partition coefficient (Wildman–Crippen LogP) is 3.30. The van der Waals surface area contributed by atoms with Crippen LogP contribution in [0.4, 0.5) is 0 Å². The van der Waals surface area contributed by atoms with Crippen LogP contribution in [0.25, 0.3) is 0 Å². The Kier molecular flexibility index (Phi) is 4.66. The fourth-order valence-corrected chi connectivity index (χ4v) is 2.13. The van der Waals surface area contributed by atoms with Gasteiger partial charge in [0.05, 0.1) is 0 Å². The lowest BCUT2D eigenvalue weighted by Crippen LogP contribution is -2.37. The van der Waals surface area contributed by atoms with E-state index in [2.05, 4.69) is 6.92 Å². The molecule has 1 heterocycles. The van der Waals surface area contributed by atoms with E-state index < -0.39 is 6.29 Å². The van der Waals surface area contributed by atoms with E-state index in [-0.39, 0.29) is 12.1 Å². The van der Waals surface area contributed by atoms with Gasteiger partial charge in [0.2, 0.25) is 0 Å². The Morgan fingerprint density at radius 3 is 2.42 bits per heavy atom. The first-order chi connectivity index (χ1) is 9.20. The molecule has 0 amide bonds. The van der Waals surface area contributed by atoms with Gasteiger partial charge >= 0.3 is 5.97 Å². The molecule has 4 heteroatoms. The van der Waals surface area contributed by atoms with Gasteiger partial charge in [-0.05, 0) is 25.0 Å². The highest BCUT2D eigenvalue weighted by molar-refractivity contribution is 5.66. The Bertz CT molecular complexity index is 405. The highest BCUT2D eigenvalue weighted by Crippen LogP contribution is 2.36. The fourth-order valence-electron chi connectivity index (χ4n) is 2.13. The molecule has 0 bridgehead atoms.